The minimum absolute atomic E-state index is 0.0504. The number of hydrogen-bond donors (Lipinski definition) is 1. The summed E-state index contributed by atoms with van der Waals surface area (Å²) in [5.74, 6) is 0.0504. The maximum atomic E-state index is 13.6. The number of fused-ring (bicyclic) bond motifs is 1. The van der Waals surface area contributed by atoms with Crippen LogP contribution in [0.25, 0.3) is 0 Å². The second kappa shape index (κ2) is 5.45. The number of carbonyl (C=O) groups excluding carboxylic acids is 1. The van der Waals surface area contributed by atoms with Crippen molar-refractivity contribution in [1.82, 2.24) is 4.90 Å². The Labute approximate surface area is 126 Å². The van der Waals surface area contributed by atoms with E-state index in [-0.39, 0.29) is 17.8 Å². The second-order valence-corrected chi connectivity index (χ2v) is 6.76. The number of hydrogen-bond acceptors (Lipinski definition) is 2. The topological polar surface area (TPSA) is 46.3 Å². The van der Waals surface area contributed by atoms with Gasteiger partial charge in [0, 0.05) is 24.7 Å². The van der Waals surface area contributed by atoms with Crippen molar-refractivity contribution in [3.8, 4) is 0 Å². The molecule has 1 aromatic carbocycles. The number of nitrogens with zero attached hydrogens (tertiary/aromatic N) is 1. The van der Waals surface area contributed by atoms with E-state index in [9.17, 15) is 9.18 Å². The first kappa shape index (κ1) is 14.0. The van der Waals surface area contributed by atoms with Gasteiger partial charge >= 0.3 is 0 Å². The zero-order valence-electron chi connectivity index (χ0n) is 11.2. The van der Waals surface area contributed by atoms with Gasteiger partial charge in [-0.05, 0) is 58.8 Å². The second-order valence-electron chi connectivity index (χ2n) is 5.90. The lowest BCUT2D eigenvalue weighted by Crippen LogP contribution is -2.36. The number of halogens is 2. The lowest BCUT2D eigenvalue weighted by molar-refractivity contribution is 0.0734. The summed E-state index contributed by atoms with van der Waals surface area (Å²) in [5.41, 5.74) is 7.41. The van der Waals surface area contributed by atoms with Crippen molar-refractivity contribution in [2.75, 3.05) is 6.54 Å². The summed E-state index contributed by atoms with van der Waals surface area (Å²) in [5, 5.41) is 0. The first-order valence-corrected chi connectivity index (χ1v) is 7.86. The summed E-state index contributed by atoms with van der Waals surface area (Å²) in [6.07, 6.45) is 4.34. The molecule has 0 saturated heterocycles. The molecule has 2 atom stereocenters. The third-order valence-electron chi connectivity index (χ3n) is 4.33. The van der Waals surface area contributed by atoms with Gasteiger partial charge in [0.25, 0.3) is 5.91 Å². The van der Waals surface area contributed by atoms with Gasteiger partial charge in [-0.15, -0.1) is 0 Å². The number of benzene rings is 1. The van der Waals surface area contributed by atoms with Crippen LogP contribution in [-0.2, 0) is 6.54 Å². The molecule has 0 bridgehead atoms. The van der Waals surface area contributed by atoms with Gasteiger partial charge in [0.05, 0.1) is 4.47 Å². The normalized spacial score (nSPS) is 25.9. The van der Waals surface area contributed by atoms with Gasteiger partial charge in [-0.3, -0.25) is 4.79 Å². The van der Waals surface area contributed by atoms with Crippen molar-refractivity contribution in [2.45, 2.75) is 38.3 Å². The predicted octanol–water partition coefficient (Wildman–Crippen LogP) is 3.06. The lowest BCUT2D eigenvalue weighted by atomic mass is 9.86. The van der Waals surface area contributed by atoms with Crippen molar-refractivity contribution in [3.63, 3.8) is 0 Å². The largest absolute Gasteiger partial charge is 0.334 e. The highest BCUT2D eigenvalue weighted by Crippen LogP contribution is 2.31. The average molecular weight is 341 g/mol. The van der Waals surface area contributed by atoms with Crippen LogP contribution in [-0.4, -0.2) is 23.4 Å². The van der Waals surface area contributed by atoms with E-state index < -0.39 is 0 Å². The molecule has 1 heterocycles. The standard InChI is InChI=1S/C15H18BrFN2O/c16-13-5-10-8-19(15(20)12(10)6-14(13)17)7-9-2-1-3-11(18)4-9/h5-6,9,11H,1-4,7-8,18H2/t9-,11+/m1/s1. The van der Waals surface area contributed by atoms with E-state index in [0.717, 1.165) is 37.8 Å². The zero-order valence-corrected chi connectivity index (χ0v) is 12.8. The number of amides is 1. The molecule has 1 aliphatic heterocycles. The van der Waals surface area contributed by atoms with Crippen LogP contribution in [0.5, 0.6) is 0 Å². The van der Waals surface area contributed by atoms with E-state index >= 15 is 0 Å². The van der Waals surface area contributed by atoms with Crippen LogP contribution in [0.4, 0.5) is 4.39 Å². The van der Waals surface area contributed by atoms with Gasteiger partial charge in [-0.1, -0.05) is 6.42 Å². The molecule has 108 valence electrons. The van der Waals surface area contributed by atoms with E-state index in [1.807, 2.05) is 4.90 Å². The summed E-state index contributed by atoms with van der Waals surface area (Å²) >= 11 is 3.17. The lowest BCUT2D eigenvalue weighted by Gasteiger charge is -2.30. The van der Waals surface area contributed by atoms with Crippen LogP contribution in [0.2, 0.25) is 0 Å². The van der Waals surface area contributed by atoms with Gasteiger partial charge in [0.1, 0.15) is 5.82 Å². The van der Waals surface area contributed by atoms with Gasteiger partial charge in [0.15, 0.2) is 0 Å². The highest BCUT2D eigenvalue weighted by molar-refractivity contribution is 9.10. The number of carbonyl (C=O) groups is 1. The molecule has 1 amide bonds. The first-order valence-electron chi connectivity index (χ1n) is 7.07. The fourth-order valence-corrected chi connectivity index (χ4v) is 3.71. The minimum Gasteiger partial charge on any atom is -0.334 e. The summed E-state index contributed by atoms with van der Waals surface area (Å²) in [4.78, 5) is 14.2. The van der Waals surface area contributed by atoms with Gasteiger partial charge in [0.2, 0.25) is 0 Å². The predicted molar refractivity (Wildman–Crippen MR) is 78.8 cm³/mol. The SMILES string of the molecule is N[C@H]1CCC[C@@H](CN2Cc3cc(Br)c(F)cc3C2=O)C1. The highest BCUT2D eigenvalue weighted by Gasteiger charge is 2.31. The fourth-order valence-electron chi connectivity index (χ4n) is 3.32. The number of nitrogens with two attached hydrogens (primary N) is 1. The van der Waals surface area contributed by atoms with E-state index in [1.165, 1.54) is 6.07 Å². The first-order chi connectivity index (χ1) is 9.54. The van der Waals surface area contributed by atoms with Crippen LogP contribution in [0.3, 0.4) is 0 Å². The molecule has 0 aromatic heterocycles. The Balaban J connectivity index is 1.73. The molecule has 5 heteroatoms. The van der Waals surface area contributed by atoms with Gasteiger partial charge < -0.3 is 10.6 Å². The van der Waals surface area contributed by atoms with Crippen molar-refractivity contribution in [1.29, 1.82) is 0 Å². The minimum atomic E-state index is -0.376. The summed E-state index contributed by atoms with van der Waals surface area (Å²) in [6, 6.07) is 3.32. The Hall–Kier alpha value is -0.940. The summed E-state index contributed by atoms with van der Waals surface area (Å²) in [6.45, 7) is 1.32. The van der Waals surface area contributed by atoms with Crippen LogP contribution in [0, 0.1) is 11.7 Å². The van der Waals surface area contributed by atoms with Crippen LogP contribution in [0.1, 0.15) is 41.6 Å². The molecule has 3 rings (SSSR count). The molecule has 1 fully saturated rings. The molecule has 1 aromatic rings. The Morgan fingerprint density at radius 1 is 1.40 bits per heavy atom. The van der Waals surface area contributed by atoms with Crippen LogP contribution in [0.15, 0.2) is 16.6 Å². The van der Waals surface area contributed by atoms with Crippen LogP contribution >= 0.6 is 15.9 Å². The van der Waals surface area contributed by atoms with E-state index in [0.29, 0.717) is 22.5 Å². The zero-order chi connectivity index (χ0) is 14.3. The molecule has 20 heavy (non-hydrogen) atoms. The molecule has 0 spiro atoms. The van der Waals surface area contributed by atoms with E-state index in [2.05, 4.69) is 15.9 Å². The Morgan fingerprint density at radius 2 is 2.20 bits per heavy atom. The van der Waals surface area contributed by atoms with Gasteiger partial charge in [-0.2, -0.15) is 0 Å². The van der Waals surface area contributed by atoms with E-state index in [4.69, 9.17) is 5.73 Å². The van der Waals surface area contributed by atoms with E-state index in [1.54, 1.807) is 6.07 Å². The Morgan fingerprint density at radius 3 is 2.95 bits per heavy atom. The summed E-state index contributed by atoms with van der Waals surface area (Å²) < 4.78 is 14.0. The van der Waals surface area contributed by atoms with Crippen molar-refractivity contribution >= 4 is 21.8 Å². The maximum Gasteiger partial charge on any atom is 0.254 e. The molecule has 0 unspecified atom stereocenters. The van der Waals surface area contributed by atoms with Crippen molar-refractivity contribution in [3.05, 3.63) is 33.5 Å². The van der Waals surface area contributed by atoms with Gasteiger partial charge in [-0.25, -0.2) is 4.39 Å². The highest BCUT2D eigenvalue weighted by atomic mass is 79.9. The maximum absolute atomic E-state index is 13.6. The third kappa shape index (κ3) is 2.61. The Kier molecular flexibility index (Phi) is 3.82. The molecule has 2 N–H and O–H groups in total. The third-order valence-corrected chi connectivity index (χ3v) is 4.93. The smallest absolute Gasteiger partial charge is 0.254 e. The Bertz CT molecular complexity index is 549. The molecular weight excluding hydrogens is 323 g/mol. The number of rotatable bonds is 2. The average Bonchev–Trinajstić information content (AvgIpc) is 2.68. The molecule has 1 saturated carbocycles. The fraction of sp³-hybridized carbons (Fsp3) is 0.533. The summed E-state index contributed by atoms with van der Waals surface area (Å²) in [7, 11) is 0. The van der Waals surface area contributed by atoms with Crippen LogP contribution < -0.4 is 5.73 Å². The molecular formula is C15H18BrFN2O. The molecule has 3 nitrogen and oxygen atoms in total. The quantitative estimate of drug-likeness (QED) is 0.899. The molecule has 1 aliphatic carbocycles. The van der Waals surface area contributed by atoms with Crippen molar-refractivity contribution in [2.24, 2.45) is 11.7 Å². The monoisotopic (exact) mass is 340 g/mol. The molecule has 0 radical (unpaired) electrons. The van der Waals surface area contributed by atoms with Crippen molar-refractivity contribution < 1.29 is 9.18 Å². The molecule has 2 aliphatic rings.